The topological polar surface area (TPSA) is 46.0 Å². The van der Waals surface area contributed by atoms with Gasteiger partial charge in [0, 0.05) is 16.8 Å². The van der Waals surface area contributed by atoms with Crippen LogP contribution in [0.3, 0.4) is 0 Å². The smallest absolute Gasteiger partial charge is 0.126 e. The lowest BCUT2D eigenvalue weighted by Crippen LogP contribution is -1.99. The molecule has 18 heavy (non-hydrogen) atoms. The number of aryl methyl sites for hydroxylation is 2. The van der Waals surface area contributed by atoms with Crippen LogP contribution in [-0.4, -0.2) is 15.1 Å². The molecule has 0 bridgehead atoms. The maximum absolute atomic E-state index is 9.19. The summed E-state index contributed by atoms with van der Waals surface area (Å²) in [6.45, 7) is 7.67. The molecule has 1 heterocycles. The summed E-state index contributed by atoms with van der Waals surface area (Å²) in [6, 6.07) is 7.72. The SMILES string of the molecule is C=Cc1c(C)nc(C)nc1-c1cccc(CO)c1. The minimum Gasteiger partial charge on any atom is -0.392 e. The third kappa shape index (κ3) is 2.31. The van der Waals surface area contributed by atoms with Crippen LogP contribution in [0, 0.1) is 13.8 Å². The molecule has 1 N–H and O–H groups in total. The van der Waals surface area contributed by atoms with E-state index < -0.39 is 0 Å². The minimum atomic E-state index is 0.0281. The van der Waals surface area contributed by atoms with Crippen molar-refractivity contribution in [3.63, 3.8) is 0 Å². The van der Waals surface area contributed by atoms with Crippen molar-refractivity contribution >= 4 is 6.08 Å². The highest BCUT2D eigenvalue weighted by molar-refractivity contribution is 5.72. The molecule has 0 atom stereocenters. The van der Waals surface area contributed by atoms with Crippen LogP contribution >= 0.6 is 0 Å². The lowest BCUT2D eigenvalue weighted by Gasteiger charge is -2.10. The first kappa shape index (κ1) is 12.5. The third-order valence-electron chi connectivity index (χ3n) is 2.84. The first-order valence-corrected chi connectivity index (χ1v) is 5.83. The first-order valence-electron chi connectivity index (χ1n) is 5.83. The molecule has 92 valence electrons. The quantitative estimate of drug-likeness (QED) is 0.897. The minimum absolute atomic E-state index is 0.0281. The van der Waals surface area contributed by atoms with E-state index in [0.29, 0.717) is 0 Å². The number of nitrogens with zero attached hydrogens (tertiary/aromatic N) is 2. The fraction of sp³-hybridized carbons (Fsp3) is 0.200. The normalized spacial score (nSPS) is 10.4. The van der Waals surface area contributed by atoms with Gasteiger partial charge in [-0.05, 0) is 25.5 Å². The Morgan fingerprint density at radius 2 is 2.06 bits per heavy atom. The van der Waals surface area contributed by atoms with E-state index in [-0.39, 0.29) is 6.61 Å². The Hall–Kier alpha value is -2.00. The average Bonchev–Trinajstić information content (AvgIpc) is 2.38. The zero-order chi connectivity index (χ0) is 13.1. The molecular formula is C15H16N2O. The van der Waals surface area contributed by atoms with Gasteiger partial charge >= 0.3 is 0 Å². The van der Waals surface area contributed by atoms with Gasteiger partial charge in [0.05, 0.1) is 12.3 Å². The zero-order valence-electron chi connectivity index (χ0n) is 10.6. The highest BCUT2D eigenvalue weighted by Crippen LogP contribution is 2.25. The van der Waals surface area contributed by atoms with Crippen molar-refractivity contribution in [2.75, 3.05) is 0 Å². The molecule has 0 saturated heterocycles. The van der Waals surface area contributed by atoms with Gasteiger partial charge in [0.15, 0.2) is 0 Å². The fourth-order valence-electron chi connectivity index (χ4n) is 2.00. The van der Waals surface area contributed by atoms with E-state index in [9.17, 15) is 5.11 Å². The van der Waals surface area contributed by atoms with Gasteiger partial charge in [-0.3, -0.25) is 0 Å². The predicted octanol–water partition coefficient (Wildman–Crippen LogP) is 2.90. The number of aliphatic hydroxyl groups excluding tert-OH is 1. The molecule has 0 fully saturated rings. The highest BCUT2D eigenvalue weighted by Gasteiger charge is 2.09. The van der Waals surface area contributed by atoms with Gasteiger partial charge in [0.1, 0.15) is 5.82 Å². The fourth-order valence-corrected chi connectivity index (χ4v) is 2.00. The summed E-state index contributed by atoms with van der Waals surface area (Å²) in [7, 11) is 0. The summed E-state index contributed by atoms with van der Waals surface area (Å²) in [6.07, 6.45) is 1.77. The van der Waals surface area contributed by atoms with Gasteiger partial charge in [-0.25, -0.2) is 9.97 Å². The second-order valence-corrected chi connectivity index (χ2v) is 4.18. The van der Waals surface area contributed by atoms with Crippen LogP contribution in [0.5, 0.6) is 0 Å². The molecule has 0 aliphatic heterocycles. The Morgan fingerprint density at radius 3 is 2.72 bits per heavy atom. The van der Waals surface area contributed by atoms with Gasteiger partial charge in [-0.1, -0.05) is 30.9 Å². The molecule has 0 spiro atoms. The van der Waals surface area contributed by atoms with Crippen LogP contribution in [0.25, 0.3) is 17.3 Å². The number of aromatic nitrogens is 2. The van der Waals surface area contributed by atoms with Crippen molar-refractivity contribution in [3.05, 3.63) is 53.5 Å². The van der Waals surface area contributed by atoms with Crippen LogP contribution in [0.15, 0.2) is 30.8 Å². The molecule has 3 nitrogen and oxygen atoms in total. The van der Waals surface area contributed by atoms with E-state index in [1.165, 1.54) is 0 Å². The molecule has 0 radical (unpaired) electrons. The largest absolute Gasteiger partial charge is 0.392 e. The van der Waals surface area contributed by atoms with Crippen molar-refractivity contribution in [2.24, 2.45) is 0 Å². The molecule has 0 aliphatic rings. The van der Waals surface area contributed by atoms with Gasteiger partial charge in [-0.2, -0.15) is 0 Å². The number of rotatable bonds is 3. The maximum Gasteiger partial charge on any atom is 0.126 e. The van der Waals surface area contributed by atoms with E-state index in [1.807, 2.05) is 38.1 Å². The van der Waals surface area contributed by atoms with Crippen LogP contribution in [0.2, 0.25) is 0 Å². The van der Waals surface area contributed by atoms with E-state index >= 15 is 0 Å². The van der Waals surface area contributed by atoms with Crippen molar-refractivity contribution < 1.29 is 5.11 Å². The molecule has 0 amide bonds. The van der Waals surface area contributed by atoms with Crippen molar-refractivity contribution in [3.8, 4) is 11.3 Å². The predicted molar refractivity (Wildman–Crippen MR) is 73.0 cm³/mol. The van der Waals surface area contributed by atoms with Crippen LogP contribution in [0.4, 0.5) is 0 Å². The second kappa shape index (κ2) is 5.10. The van der Waals surface area contributed by atoms with Gasteiger partial charge < -0.3 is 5.11 Å². The number of benzene rings is 1. The number of hydrogen-bond acceptors (Lipinski definition) is 3. The monoisotopic (exact) mass is 240 g/mol. The van der Waals surface area contributed by atoms with Crippen LogP contribution in [-0.2, 0) is 6.61 Å². The summed E-state index contributed by atoms with van der Waals surface area (Å²) in [5.41, 5.74) is 4.57. The van der Waals surface area contributed by atoms with E-state index in [2.05, 4.69) is 16.5 Å². The molecule has 1 aromatic heterocycles. The zero-order valence-corrected chi connectivity index (χ0v) is 10.6. The summed E-state index contributed by atoms with van der Waals surface area (Å²) in [5.74, 6) is 0.738. The molecule has 0 unspecified atom stereocenters. The van der Waals surface area contributed by atoms with E-state index in [4.69, 9.17) is 0 Å². The van der Waals surface area contributed by atoms with Gasteiger partial charge in [-0.15, -0.1) is 0 Å². The Balaban J connectivity index is 2.65. The lowest BCUT2D eigenvalue weighted by molar-refractivity contribution is 0.282. The van der Waals surface area contributed by atoms with Crippen molar-refractivity contribution in [1.29, 1.82) is 0 Å². The molecule has 1 aromatic carbocycles. The van der Waals surface area contributed by atoms with Gasteiger partial charge in [0.2, 0.25) is 0 Å². The first-order chi connectivity index (χ1) is 8.65. The molecule has 0 aliphatic carbocycles. The summed E-state index contributed by atoms with van der Waals surface area (Å²) in [4.78, 5) is 8.83. The summed E-state index contributed by atoms with van der Waals surface area (Å²) < 4.78 is 0. The maximum atomic E-state index is 9.19. The Kier molecular flexibility index (Phi) is 3.53. The summed E-state index contributed by atoms with van der Waals surface area (Å²) in [5, 5.41) is 9.19. The van der Waals surface area contributed by atoms with E-state index in [0.717, 1.165) is 33.9 Å². The highest BCUT2D eigenvalue weighted by atomic mass is 16.3. The van der Waals surface area contributed by atoms with E-state index in [1.54, 1.807) is 6.08 Å². The Labute approximate surface area is 107 Å². The Bertz CT molecular complexity index is 591. The van der Waals surface area contributed by atoms with Crippen molar-refractivity contribution in [2.45, 2.75) is 20.5 Å². The number of aliphatic hydroxyl groups is 1. The molecule has 2 rings (SSSR count). The van der Waals surface area contributed by atoms with Crippen molar-refractivity contribution in [1.82, 2.24) is 9.97 Å². The lowest BCUT2D eigenvalue weighted by atomic mass is 10.0. The molecular weight excluding hydrogens is 224 g/mol. The van der Waals surface area contributed by atoms with Gasteiger partial charge in [0.25, 0.3) is 0 Å². The summed E-state index contributed by atoms with van der Waals surface area (Å²) >= 11 is 0. The molecule has 3 heteroatoms. The standard InChI is InChI=1S/C15H16N2O/c1-4-14-10(2)16-11(3)17-15(14)13-7-5-6-12(8-13)9-18/h4-8,18H,1,9H2,2-3H3. The number of hydrogen-bond donors (Lipinski definition) is 1. The Morgan fingerprint density at radius 1 is 1.28 bits per heavy atom. The molecule has 2 aromatic rings. The average molecular weight is 240 g/mol. The van der Waals surface area contributed by atoms with Crippen LogP contribution < -0.4 is 0 Å². The molecule has 0 saturated carbocycles. The second-order valence-electron chi connectivity index (χ2n) is 4.18. The van der Waals surface area contributed by atoms with Crippen LogP contribution in [0.1, 0.15) is 22.6 Å². The third-order valence-corrected chi connectivity index (χ3v) is 2.84.